The minimum Gasteiger partial charge on any atom is -0.445 e. The van der Waals surface area contributed by atoms with Crippen LogP contribution in [0.2, 0.25) is 0 Å². The zero-order chi connectivity index (χ0) is 17.8. The van der Waals surface area contributed by atoms with Gasteiger partial charge in [-0.3, -0.25) is 14.6 Å². The number of amides is 2. The molecule has 1 aromatic carbocycles. The van der Waals surface area contributed by atoms with E-state index in [1.165, 1.54) is 15.9 Å². The van der Waals surface area contributed by atoms with Crippen molar-refractivity contribution < 1.29 is 23.1 Å². The van der Waals surface area contributed by atoms with Crippen molar-refractivity contribution in [2.75, 3.05) is 24.5 Å². The van der Waals surface area contributed by atoms with Gasteiger partial charge in [-0.15, -0.1) is 5.10 Å². The number of hydrogen-bond donors (Lipinski definition) is 0. The molecule has 7 nitrogen and oxygen atoms in total. The topological polar surface area (TPSA) is 67.7 Å². The Morgan fingerprint density at radius 2 is 1.96 bits per heavy atom. The maximum absolute atomic E-state index is 12.6. The van der Waals surface area contributed by atoms with Gasteiger partial charge in [0.05, 0.1) is 0 Å². The van der Waals surface area contributed by atoms with E-state index in [9.17, 15) is 18.4 Å². The van der Waals surface area contributed by atoms with Gasteiger partial charge < -0.3 is 4.74 Å². The van der Waals surface area contributed by atoms with Crippen molar-refractivity contribution in [3.63, 3.8) is 0 Å². The molecule has 1 fully saturated rings. The van der Waals surface area contributed by atoms with Crippen LogP contribution in [-0.2, 0) is 16.1 Å². The van der Waals surface area contributed by atoms with Crippen LogP contribution < -0.4 is 4.90 Å². The quantitative estimate of drug-likeness (QED) is 0.848. The van der Waals surface area contributed by atoms with Crippen molar-refractivity contribution in [3.8, 4) is 0 Å². The first-order valence-corrected chi connectivity index (χ1v) is 7.64. The lowest BCUT2D eigenvalue weighted by Gasteiger charge is -2.32. The molecule has 3 rings (SSSR count). The van der Waals surface area contributed by atoms with E-state index >= 15 is 0 Å². The van der Waals surface area contributed by atoms with Gasteiger partial charge in [-0.05, 0) is 5.56 Å². The molecular weight excluding hydrogens is 334 g/mol. The Morgan fingerprint density at radius 3 is 2.60 bits per heavy atom. The Labute approximate surface area is 142 Å². The molecule has 1 aromatic heterocycles. The van der Waals surface area contributed by atoms with Gasteiger partial charge in [-0.1, -0.05) is 30.3 Å². The van der Waals surface area contributed by atoms with Crippen molar-refractivity contribution in [2.24, 2.45) is 0 Å². The number of benzene rings is 1. The summed E-state index contributed by atoms with van der Waals surface area (Å²) < 4.78 is 30.8. The van der Waals surface area contributed by atoms with E-state index < -0.39 is 18.5 Å². The molecule has 0 bridgehead atoms. The number of alkyl halides is 2. The summed E-state index contributed by atoms with van der Waals surface area (Å²) in [6.07, 6.45) is 0.517. The van der Waals surface area contributed by atoms with Crippen LogP contribution in [-0.4, -0.2) is 46.3 Å². The van der Waals surface area contributed by atoms with E-state index in [1.54, 1.807) is 0 Å². The standard InChI is InChI=1S/C16H16F2N4O3/c17-15(18)22-7-6-13(19-22)21-9-8-20(10-14(21)23)16(24)25-11-12-4-2-1-3-5-12/h1-7,15H,8-11H2. The van der Waals surface area contributed by atoms with Gasteiger partial charge in [0.1, 0.15) is 13.2 Å². The Morgan fingerprint density at radius 1 is 1.20 bits per heavy atom. The van der Waals surface area contributed by atoms with E-state index in [0.29, 0.717) is 4.68 Å². The molecule has 132 valence electrons. The highest BCUT2D eigenvalue weighted by atomic mass is 19.3. The Bertz CT molecular complexity index is 751. The zero-order valence-electron chi connectivity index (χ0n) is 13.2. The number of piperazine rings is 1. The molecule has 1 saturated heterocycles. The first kappa shape index (κ1) is 16.9. The molecule has 0 N–H and O–H groups in total. The smallest absolute Gasteiger partial charge is 0.410 e. The number of anilines is 1. The molecule has 2 aromatic rings. The number of aromatic nitrogens is 2. The molecular formula is C16H16F2N4O3. The lowest BCUT2D eigenvalue weighted by atomic mass is 10.2. The predicted molar refractivity (Wildman–Crippen MR) is 84.0 cm³/mol. The van der Waals surface area contributed by atoms with Crippen molar-refractivity contribution in [1.29, 1.82) is 0 Å². The number of carbonyl (C=O) groups excluding carboxylic acids is 2. The van der Waals surface area contributed by atoms with Crippen molar-refractivity contribution in [3.05, 3.63) is 48.2 Å². The van der Waals surface area contributed by atoms with Gasteiger partial charge in [0.15, 0.2) is 5.82 Å². The van der Waals surface area contributed by atoms with Crippen LogP contribution in [0, 0.1) is 0 Å². The van der Waals surface area contributed by atoms with E-state index in [4.69, 9.17) is 4.74 Å². The summed E-state index contributed by atoms with van der Waals surface area (Å²) in [6, 6.07) is 10.5. The van der Waals surface area contributed by atoms with Gasteiger partial charge in [0, 0.05) is 25.4 Å². The van der Waals surface area contributed by atoms with E-state index in [-0.39, 0.29) is 32.1 Å². The van der Waals surface area contributed by atoms with Crippen molar-refractivity contribution in [2.45, 2.75) is 13.2 Å². The fraction of sp³-hybridized carbons (Fsp3) is 0.312. The average Bonchev–Trinajstić information content (AvgIpc) is 3.10. The molecule has 0 spiro atoms. The molecule has 0 atom stereocenters. The second-order valence-corrected chi connectivity index (χ2v) is 5.44. The summed E-state index contributed by atoms with van der Waals surface area (Å²) in [7, 11) is 0. The first-order chi connectivity index (χ1) is 12.0. The third-order valence-corrected chi connectivity index (χ3v) is 3.75. The molecule has 0 unspecified atom stereocenters. The molecule has 2 amide bonds. The number of nitrogens with zero attached hydrogens (tertiary/aromatic N) is 4. The largest absolute Gasteiger partial charge is 0.445 e. The van der Waals surface area contributed by atoms with Crippen LogP contribution in [0.4, 0.5) is 19.4 Å². The Hall–Kier alpha value is -2.97. The zero-order valence-corrected chi connectivity index (χ0v) is 13.2. The van der Waals surface area contributed by atoms with Crippen LogP contribution in [0.25, 0.3) is 0 Å². The number of hydrogen-bond acceptors (Lipinski definition) is 4. The summed E-state index contributed by atoms with van der Waals surface area (Å²) in [5.41, 5.74) is 0.846. The number of halogens is 2. The summed E-state index contributed by atoms with van der Waals surface area (Å²) >= 11 is 0. The van der Waals surface area contributed by atoms with Crippen LogP contribution in [0.5, 0.6) is 0 Å². The first-order valence-electron chi connectivity index (χ1n) is 7.64. The molecule has 1 aliphatic heterocycles. The SMILES string of the molecule is O=C(OCc1ccccc1)N1CCN(c2ccn(C(F)F)n2)C(=O)C1. The molecule has 0 radical (unpaired) electrons. The van der Waals surface area contributed by atoms with Crippen molar-refractivity contribution in [1.82, 2.24) is 14.7 Å². The van der Waals surface area contributed by atoms with Crippen LogP contribution in [0.3, 0.4) is 0 Å². The average molecular weight is 350 g/mol. The maximum Gasteiger partial charge on any atom is 0.410 e. The predicted octanol–water partition coefficient (Wildman–Crippen LogP) is 2.26. The van der Waals surface area contributed by atoms with Crippen molar-refractivity contribution >= 4 is 17.8 Å². The molecule has 0 saturated carbocycles. The van der Waals surface area contributed by atoms with Crippen LogP contribution >= 0.6 is 0 Å². The highest BCUT2D eigenvalue weighted by molar-refractivity contribution is 5.96. The van der Waals surface area contributed by atoms with E-state index in [2.05, 4.69) is 5.10 Å². The maximum atomic E-state index is 12.6. The number of carbonyl (C=O) groups is 2. The molecule has 0 aliphatic carbocycles. The Kier molecular flexibility index (Phi) is 4.92. The lowest BCUT2D eigenvalue weighted by Crippen LogP contribution is -2.52. The summed E-state index contributed by atoms with van der Waals surface area (Å²) in [5.74, 6) is -0.259. The molecule has 1 aliphatic rings. The van der Waals surface area contributed by atoms with Crippen LogP contribution in [0.1, 0.15) is 12.1 Å². The number of ether oxygens (including phenoxy) is 1. The van der Waals surface area contributed by atoms with Gasteiger partial charge in [0.25, 0.3) is 0 Å². The summed E-state index contributed by atoms with van der Waals surface area (Å²) in [6.45, 7) is -2.43. The van der Waals surface area contributed by atoms with Gasteiger partial charge in [-0.2, -0.15) is 8.78 Å². The fourth-order valence-corrected chi connectivity index (χ4v) is 2.46. The van der Waals surface area contributed by atoms with E-state index in [0.717, 1.165) is 11.8 Å². The fourth-order valence-electron chi connectivity index (χ4n) is 2.46. The number of rotatable bonds is 4. The molecule has 25 heavy (non-hydrogen) atoms. The third kappa shape index (κ3) is 3.93. The van der Waals surface area contributed by atoms with Crippen LogP contribution in [0.15, 0.2) is 42.6 Å². The highest BCUT2D eigenvalue weighted by Gasteiger charge is 2.30. The minimum absolute atomic E-state index is 0.118. The molecule has 2 heterocycles. The van der Waals surface area contributed by atoms with Gasteiger partial charge in [0.2, 0.25) is 5.91 Å². The highest BCUT2D eigenvalue weighted by Crippen LogP contribution is 2.18. The second-order valence-electron chi connectivity index (χ2n) is 5.44. The third-order valence-electron chi connectivity index (χ3n) is 3.75. The summed E-state index contributed by atoms with van der Waals surface area (Å²) in [5, 5.41) is 3.67. The summed E-state index contributed by atoms with van der Waals surface area (Å²) in [4.78, 5) is 26.8. The molecule has 9 heteroatoms. The monoisotopic (exact) mass is 350 g/mol. The minimum atomic E-state index is -2.77. The normalized spacial score (nSPS) is 14.9. The van der Waals surface area contributed by atoms with Gasteiger partial charge in [-0.25, -0.2) is 9.48 Å². The van der Waals surface area contributed by atoms with Gasteiger partial charge >= 0.3 is 12.6 Å². The Balaban J connectivity index is 1.55. The lowest BCUT2D eigenvalue weighted by molar-refractivity contribution is -0.121. The second kappa shape index (κ2) is 7.29. The van der Waals surface area contributed by atoms with E-state index in [1.807, 2.05) is 30.3 Å².